The van der Waals surface area contributed by atoms with Gasteiger partial charge in [0.1, 0.15) is 12.4 Å². The Morgan fingerprint density at radius 3 is 2.76 bits per heavy atom. The molecule has 0 spiro atoms. The highest BCUT2D eigenvalue weighted by Gasteiger charge is 2.08. The first-order chi connectivity index (χ1) is 14.2. The monoisotopic (exact) mass is 409 g/mol. The molecule has 0 aliphatic carbocycles. The fraction of sp³-hybridized carbons (Fsp3) is 0.316. The van der Waals surface area contributed by atoms with Crippen LogP contribution in [0.5, 0.6) is 0 Å². The van der Waals surface area contributed by atoms with Gasteiger partial charge in [0.05, 0.1) is 6.54 Å². The lowest BCUT2D eigenvalue weighted by molar-refractivity contribution is 0.734. The summed E-state index contributed by atoms with van der Waals surface area (Å²) in [6, 6.07) is 10.1. The van der Waals surface area contributed by atoms with Gasteiger partial charge in [-0.25, -0.2) is 4.99 Å². The molecule has 4 rings (SSSR count). The maximum absolute atomic E-state index is 4.68. The summed E-state index contributed by atoms with van der Waals surface area (Å²) in [6.45, 7) is 3.65. The highest BCUT2D eigenvalue weighted by molar-refractivity contribution is 7.09. The Hall–Kier alpha value is -3.27. The Labute approximate surface area is 172 Å². The second-order valence-electron chi connectivity index (χ2n) is 6.54. The molecule has 0 aliphatic rings. The summed E-state index contributed by atoms with van der Waals surface area (Å²) in [6.07, 6.45) is 2.89. The van der Waals surface area contributed by atoms with Gasteiger partial charge in [-0.1, -0.05) is 12.1 Å². The largest absolute Gasteiger partial charge is 0.356 e. The molecule has 10 heteroatoms. The van der Waals surface area contributed by atoms with Crippen LogP contribution in [0.1, 0.15) is 22.4 Å². The molecular weight excluding hydrogens is 386 g/mol. The summed E-state index contributed by atoms with van der Waals surface area (Å²) in [5.74, 6) is 3.21. The molecule has 29 heavy (non-hydrogen) atoms. The number of guanidine groups is 1. The number of nitrogens with one attached hydrogen (secondary N) is 2. The Bertz CT molecular complexity index is 1090. The highest BCUT2D eigenvalue weighted by atomic mass is 32.1. The first kappa shape index (κ1) is 19.1. The molecule has 0 unspecified atom stereocenters. The van der Waals surface area contributed by atoms with E-state index in [0.717, 1.165) is 36.1 Å². The van der Waals surface area contributed by atoms with E-state index in [2.05, 4.69) is 53.5 Å². The molecular formula is C19H23N9S. The molecule has 0 bridgehead atoms. The number of aryl methyl sites for hydroxylation is 1. The summed E-state index contributed by atoms with van der Waals surface area (Å²) in [5.41, 5.74) is 0.822. The average molecular weight is 410 g/mol. The van der Waals surface area contributed by atoms with E-state index in [4.69, 9.17) is 0 Å². The Morgan fingerprint density at radius 2 is 1.97 bits per heavy atom. The van der Waals surface area contributed by atoms with Crippen LogP contribution in [0.3, 0.4) is 0 Å². The standard InChI is InChI=1S/C19H23N9S/c1-14-23-25-17(27(14)2)12-21-19(20-9-8-15-6-5-11-29-15)22-13-18-26-24-16-7-3-4-10-28(16)18/h3-7,10-11H,8-9,12-13H2,1-2H3,(H2,20,21,22). The summed E-state index contributed by atoms with van der Waals surface area (Å²) in [7, 11) is 1.94. The van der Waals surface area contributed by atoms with Gasteiger partial charge in [0.15, 0.2) is 23.3 Å². The van der Waals surface area contributed by atoms with Crippen molar-refractivity contribution in [3.63, 3.8) is 0 Å². The number of hydrogen-bond acceptors (Lipinski definition) is 6. The molecule has 0 saturated heterocycles. The zero-order valence-electron chi connectivity index (χ0n) is 16.4. The van der Waals surface area contributed by atoms with Crippen LogP contribution in [-0.2, 0) is 26.6 Å². The van der Waals surface area contributed by atoms with Crippen molar-refractivity contribution in [3.8, 4) is 0 Å². The number of nitrogens with zero attached hydrogens (tertiary/aromatic N) is 7. The summed E-state index contributed by atoms with van der Waals surface area (Å²) >= 11 is 1.76. The predicted molar refractivity (Wildman–Crippen MR) is 113 cm³/mol. The molecule has 0 saturated carbocycles. The normalized spacial score (nSPS) is 11.9. The molecule has 0 fully saturated rings. The van der Waals surface area contributed by atoms with E-state index in [-0.39, 0.29) is 0 Å². The van der Waals surface area contributed by atoms with Crippen molar-refractivity contribution in [3.05, 3.63) is 64.3 Å². The minimum absolute atomic E-state index is 0.437. The van der Waals surface area contributed by atoms with Gasteiger partial charge in [0, 0.05) is 24.7 Å². The lowest BCUT2D eigenvalue weighted by Crippen LogP contribution is -2.38. The van der Waals surface area contributed by atoms with Crippen LogP contribution in [0.2, 0.25) is 0 Å². The Kier molecular flexibility index (Phi) is 5.80. The van der Waals surface area contributed by atoms with Gasteiger partial charge in [0.2, 0.25) is 0 Å². The van der Waals surface area contributed by atoms with E-state index in [1.807, 2.05) is 47.3 Å². The number of pyridine rings is 1. The minimum atomic E-state index is 0.437. The fourth-order valence-electron chi connectivity index (χ4n) is 2.85. The first-order valence-corrected chi connectivity index (χ1v) is 10.3. The molecule has 0 radical (unpaired) electrons. The van der Waals surface area contributed by atoms with Crippen molar-refractivity contribution >= 4 is 22.9 Å². The lowest BCUT2D eigenvalue weighted by atomic mass is 10.3. The van der Waals surface area contributed by atoms with Crippen LogP contribution < -0.4 is 10.6 Å². The molecule has 4 aromatic rings. The van der Waals surface area contributed by atoms with Crippen molar-refractivity contribution < 1.29 is 0 Å². The van der Waals surface area contributed by atoms with Gasteiger partial charge in [-0.3, -0.25) is 4.40 Å². The molecule has 150 valence electrons. The number of fused-ring (bicyclic) bond motifs is 1. The zero-order valence-corrected chi connectivity index (χ0v) is 17.2. The lowest BCUT2D eigenvalue weighted by Gasteiger charge is -2.12. The summed E-state index contributed by atoms with van der Waals surface area (Å²) < 4.78 is 3.90. The van der Waals surface area contributed by atoms with Crippen molar-refractivity contribution in [1.29, 1.82) is 0 Å². The van der Waals surface area contributed by atoms with E-state index in [9.17, 15) is 0 Å². The quantitative estimate of drug-likeness (QED) is 0.356. The molecule has 0 aromatic carbocycles. The second kappa shape index (κ2) is 8.82. The zero-order chi connectivity index (χ0) is 20.1. The van der Waals surface area contributed by atoms with E-state index in [1.54, 1.807) is 11.3 Å². The van der Waals surface area contributed by atoms with Crippen LogP contribution in [0.25, 0.3) is 5.65 Å². The van der Waals surface area contributed by atoms with Crippen LogP contribution in [0.15, 0.2) is 46.9 Å². The highest BCUT2D eigenvalue weighted by Crippen LogP contribution is 2.08. The molecule has 4 aromatic heterocycles. The van der Waals surface area contributed by atoms with Gasteiger partial charge in [-0.15, -0.1) is 31.7 Å². The topological polar surface area (TPSA) is 97.3 Å². The van der Waals surface area contributed by atoms with Gasteiger partial charge >= 0.3 is 0 Å². The van der Waals surface area contributed by atoms with Crippen LogP contribution in [-0.4, -0.2) is 41.9 Å². The second-order valence-corrected chi connectivity index (χ2v) is 7.57. The Balaban J connectivity index is 1.44. The number of aliphatic imine (C=N–C) groups is 1. The third-order valence-electron chi connectivity index (χ3n) is 4.60. The van der Waals surface area contributed by atoms with E-state index >= 15 is 0 Å². The number of aromatic nitrogens is 6. The van der Waals surface area contributed by atoms with Crippen molar-refractivity contribution in [1.82, 2.24) is 40.0 Å². The number of thiophene rings is 1. The van der Waals surface area contributed by atoms with E-state index in [0.29, 0.717) is 19.0 Å². The number of rotatable bonds is 7. The first-order valence-electron chi connectivity index (χ1n) is 9.39. The van der Waals surface area contributed by atoms with Crippen LogP contribution in [0.4, 0.5) is 0 Å². The molecule has 0 aliphatic heterocycles. The smallest absolute Gasteiger partial charge is 0.192 e. The van der Waals surface area contributed by atoms with Gasteiger partial charge < -0.3 is 15.2 Å². The SMILES string of the molecule is Cc1nnc(CN=C(NCCc2cccs2)NCc2nnc3ccccn23)n1C. The van der Waals surface area contributed by atoms with Gasteiger partial charge in [0.25, 0.3) is 0 Å². The van der Waals surface area contributed by atoms with Crippen LogP contribution in [0, 0.1) is 6.92 Å². The van der Waals surface area contributed by atoms with Crippen LogP contribution >= 0.6 is 11.3 Å². The third-order valence-corrected chi connectivity index (χ3v) is 5.54. The maximum atomic E-state index is 4.68. The molecule has 2 N–H and O–H groups in total. The molecule has 4 heterocycles. The van der Waals surface area contributed by atoms with Crippen molar-refractivity contribution in [2.45, 2.75) is 26.4 Å². The maximum Gasteiger partial charge on any atom is 0.192 e. The van der Waals surface area contributed by atoms with Gasteiger partial charge in [-0.2, -0.15) is 0 Å². The molecule has 0 amide bonds. The van der Waals surface area contributed by atoms with E-state index < -0.39 is 0 Å². The van der Waals surface area contributed by atoms with Crippen molar-refractivity contribution in [2.24, 2.45) is 12.0 Å². The minimum Gasteiger partial charge on any atom is -0.356 e. The Morgan fingerprint density at radius 1 is 1.07 bits per heavy atom. The summed E-state index contributed by atoms with van der Waals surface area (Å²) in [4.78, 5) is 6.02. The molecule has 0 atom stereocenters. The number of hydrogen-bond donors (Lipinski definition) is 2. The fourth-order valence-corrected chi connectivity index (χ4v) is 3.55. The predicted octanol–water partition coefficient (Wildman–Crippen LogP) is 1.71. The van der Waals surface area contributed by atoms with Gasteiger partial charge in [-0.05, 0) is 36.9 Å². The molecule has 9 nitrogen and oxygen atoms in total. The van der Waals surface area contributed by atoms with Crippen molar-refractivity contribution in [2.75, 3.05) is 6.54 Å². The van der Waals surface area contributed by atoms with E-state index in [1.165, 1.54) is 4.88 Å². The summed E-state index contributed by atoms with van der Waals surface area (Å²) in [5, 5.41) is 25.6. The third kappa shape index (κ3) is 4.60. The average Bonchev–Trinajstić information content (AvgIpc) is 3.46.